The van der Waals surface area contributed by atoms with Crippen LogP contribution in [0.1, 0.15) is 46.2 Å². The second-order valence-corrected chi connectivity index (χ2v) is 11.0. The first-order valence-corrected chi connectivity index (χ1v) is 13.5. The highest BCUT2D eigenvalue weighted by Gasteiger charge is 2.75. The maximum atomic E-state index is 15.1. The molecule has 0 N–H and O–H groups in total. The Kier molecular flexibility index (Phi) is 7.48. The van der Waals surface area contributed by atoms with E-state index in [1.54, 1.807) is 12.1 Å². The first-order chi connectivity index (χ1) is 19.6. The molecule has 4 atom stereocenters. The fraction of sp³-hybridized carbons (Fsp3) is 0.419. The lowest BCUT2D eigenvalue weighted by atomic mass is 9.54. The Balaban J connectivity index is 1.82. The van der Waals surface area contributed by atoms with Crippen LogP contribution in [0.3, 0.4) is 0 Å². The van der Waals surface area contributed by atoms with Gasteiger partial charge < -0.3 is 9.47 Å². The molecule has 10 heteroatoms. The Bertz CT molecular complexity index is 1430. The summed E-state index contributed by atoms with van der Waals surface area (Å²) in [6.07, 6.45) is 0. The number of carbonyl (C=O) groups is 3. The third kappa shape index (κ3) is 4.51. The molecular weight excluding hydrogens is 522 g/mol. The lowest BCUT2D eigenvalue weighted by molar-refractivity contribution is -0.204. The van der Waals surface area contributed by atoms with Crippen molar-refractivity contribution in [1.82, 2.24) is 24.8 Å². The number of pyridine rings is 3. The molecule has 2 aliphatic heterocycles. The Morgan fingerprint density at radius 3 is 1.63 bits per heavy atom. The molecule has 10 nitrogen and oxygen atoms in total. The van der Waals surface area contributed by atoms with Crippen molar-refractivity contribution < 1.29 is 23.9 Å². The number of aromatic nitrogens is 3. The van der Waals surface area contributed by atoms with E-state index < -0.39 is 40.6 Å². The van der Waals surface area contributed by atoms with E-state index in [4.69, 9.17) is 19.4 Å². The lowest BCUT2D eigenvalue weighted by Crippen LogP contribution is -2.75. The van der Waals surface area contributed by atoms with Crippen LogP contribution in [-0.2, 0) is 30.4 Å². The minimum absolute atomic E-state index is 0.00542. The van der Waals surface area contributed by atoms with E-state index in [0.717, 1.165) is 22.8 Å². The van der Waals surface area contributed by atoms with Crippen LogP contribution in [0.4, 0.5) is 0 Å². The molecule has 0 aliphatic carbocycles. The average Bonchev–Trinajstić information content (AvgIpc) is 2.94. The van der Waals surface area contributed by atoms with Crippen LogP contribution in [0.5, 0.6) is 0 Å². The van der Waals surface area contributed by atoms with Gasteiger partial charge in [-0.2, -0.15) is 0 Å². The van der Waals surface area contributed by atoms with Gasteiger partial charge >= 0.3 is 11.9 Å². The van der Waals surface area contributed by atoms with Crippen molar-refractivity contribution in [2.45, 2.75) is 39.4 Å². The summed E-state index contributed by atoms with van der Waals surface area (Å²) in [6.45, 7) is 5.93. The quantitative estimate of drug-likeness (QED) is 0.331. The van der Waals surface area contributed by atoms with Gasteiger partial charge in [0.15, 0.2) is 16.6 Å². The zero-order valence-corrected chi connectivity index (χ0v) is 24.2. The fourth-order valence-electron chi connectivity index (χ4n) is 6.85. The van der Waals surface area contributed by atoms with Gasteiger partial charge in [-0.1, -0.05) is 18.2 Å². The number of rotatable bonds is 6. The number of ketones is 1. The molecule has 2 bridgehead atoms. The van der Waals surface area contributed by atoms with Gasteiger partial charge in [0.25, 0.3) is 0 Å². The smallest absolute Gasteiger partial charge is 0.322 e. The minimum atomic E-state index is -1.79. The Morgan fingerprint density at radius 2 is 1.22 bits per heavy atom. The second kappa shape index (κ2) is 10.8. The van der Waals surface area contributed by atoms with Crippen molar-refractivity contribution in [3.63, 3.8) is 0 Å². The predicted octanol–water partition coefficient (Wildman–Crippen LogP) is 2.93. The Labute approximate surface area is 239 Å². The van der Waals surface area contributed by atoms with Gasteiger partial charge in [-0.25, -0.2) is 0 Å². The number of Topliss-reactive ketones (excluding diaryl/α,β-unsaturated/α-hetero) is 1. The summed E-state index contributed by atoms with van der Waals surface area (Å²) < 4.78 is 10.8. The summed E-state index contributed by atoms with van der Waals surface area (Å²) in [7, 11) is 4.34. The number of hydrogen-bond acceptors (Lipinski definition) is 10. The zero-order chi connectivity index (χ0) is 29.5. The molecule has 0 radical (unpaired) electrons. The first-order valence-electron chi connectivity index (χ1n) is 13.5. The summed E-state index contributed by atoms with van der Waals surface area (Å²) in [6, 6.07) is 15.0. The molecule has 41 heavy (non-hydrogen) atoms. The van der Waals surface area contributed by atoms with Crippen molar-refractivity contribution in [1.29, 1.82) is 0 Å². The molecule has 2 saturated heterocycles. The third-order valence-corrected chi connectivity index (χ3v) is 8.32. The number of carbonyl (C=O) groups excluding carboxylic acids is 3. The molecule has 5 heterocycles. The van der Waals surface area contributed by atoms with E-state index in [2.05, 4.69) is 4.98 Å². The van der Waals surface area contributed by atoms with Crippen LogP contribution in [0.15, 0.2) is 54.6 Å². The van der Waals surface area contributed by atoms with Crippen molar-refractivity contribution in [2.24, 2.45) is 10.8 Å². The fourth-order valence-corrected chi connectivity index (χ4v) is 6.85. The van der Waals surface area contributed by atoms with Crippen molar-refractivity contribution in [2.75, 3.05) is 34.4 Å². The van der Waals surface area contributed by atoms with Gasteiger partial charge in [-0.05, 0) is 64.2 Å². The first kappa shape index (κ1) is 28.5. The minimum Gasteiger partial charge on any atom is -0.468 e. The second-order valence-electron chi connectivity index (χ2n) is 11.0. The number of ether oxygens (including phenoxy) is 2. The predicted molar refractivity (Wildman–Crippen MR) is 149 cm³/mol. The number of esters is 2. The van der Waals surface area contributed by atoms with E-state index >= 15 is 4.79 Å². The largest absolute Gasteiger partial charge is 0.468 e. The van der Waals surface area contributed by atoms with Crippen LogP contribution < -0.4 is 0 Å². The zero-order valence-electron chi connectivity index (χ0n) is 24.2. The van der Waals surface area contributed by atoms with E-state index in [1.165, 1.54) is 14.2 Å². The van der Waals surface area contributed by atoms with E-state index in [9.17, 15) is 9.59 Å². The van der Waals surface area contributed by atoms with E-state index in [-0.39, 0.29) is 13.1 Å². The molecule has 3 aromatic rings. The lowest BCUT2D eigenvalue weighted by Gasteiger charge is -2.60. The number of piperidine rings is 2. The molecule has 3 aromatic heterocycles. The van der Waals surface area contributed by atoms with Crippen molar-refractivity contribution >= 4 is 17.7 Å². The number of likely N-dealkylation sites (tertiary alicyclic amines) is 2. The van der Waals surface area contributed by atoms with Crippen LogP contribution in [0.25, 0.3) is 0 Å². The Hall–Kier alpha value is -4.02. The summed E-state index contributed by atoms with van der Waals surface area (Å²) in [5.41, 5.74) is 0.522. The topological polar surface area (TPSA) is 115 Å². The molecule has 0 spiro atoms. The Morgan fingerprint density at radius 1 is 0.780 bits per heavy atom. The molecule has 214 valence electrons. The molecule has 2 fully saturated rings. The summed E-state index contributed by atoms with van der Waals surface area (Å²) in [5.74, 6) is -2.00. The maximum absolute atomic E-state index is 15.1. The van der Waals surface area contributed by atoms with E-state index in [1.807, 2.05) is 80.1 Å². The van der Waals surface area contributed by atoms with Crippen LogP contribution in [0.2, 0.25) is 0 Å². The maximum Gasteiger partial charge on any atom is 0.322 e. The van der Waals surface area contributed by atoms with Gasteiger partial charge in [0.2, 0.25) is 0 Å². The molecule has 0 saturated carbocycles. The average molecular weight is 558 g/mol. The van der Waals surface area contributed by atoms with Crippen LogP contribution in [0, 0.1) is 31.6 Å². The summed E-state index contributed by atoms with van der Waals surface area (Å²) in [4.78, 5) is 61.1. The highest BCUT2D eigenvalue weighted by molar-refractivity contribution is 6.17. The van der Waals surface area contributed by atoms with Gasteiger partial charge in [0.1, 0.15) is 0 Å². The highest BCUT2D eigenvalue weighted by Crippen LogP contribution is 2.60. The van der Waals surface area contributed by atoms with Gasteiger partial charge in [0, 0.05) is 36.7 Å². The summed E-state index contributed by atoms with van der Waals surface area (Å²) in [5, 5.41) is 0. The number of fused-ring (bicyclic) bond motifs is 2. The molecule has 0 aromatic carbocycles. The highest BCUT2D eigenvalue weighted by atomic mass is 16.5. The molecule has 0 amide bonds. The summed E-state index contributed by atoms with van der Waals surface area (Å²) >= 11 is 0. The standard InChI is InChI=1S/C31H35N5O5/c1-19-10-7-13-22(32-19)16-36-17-30(28(38)40-5)25(23-14-8-11-20(2)33-23)35(4)26(24-15-9-12-21(3)34-24)31(18-36,27(30)37)29(39)41-6/h7-15,25-26H,16-18H2,1-6H3. The molecule has 4 unspecified atom stereocenters. The normalized spacial score (nSPS) is 26.4. The number of hydrogen-bond donors (Lipinski definition) is 0. The molecule has 2 aliphatic rings. The van der Waals surface area contributed by atoms with Crippen LogP contribution in [-0.4, -0.2) is 76.8 Å². The number of aryl methyl sites for hydroxylation is 3. The molecule has 5 rings (SSSR count). The number of nitrogens with zero attached hydrogens (tertiary/aromatic N) is 5. The number of methoxy groups -OCH3 is 2. The van der Waals surface area contributed by atoms with Gasteiger partial charge in [0.05, 0.1) is 43.4 Å². The third-order valence-electron chi connectivity index (χ3n) is 8.32. The monoisotopic (exact) mass is 557 g/mol. The molecular formula is C31H35N5O5. The SMILES string of the molecule is COC(=O)C12CN(Cc3cccc(C)n3)CC(C(=O)OC)(C1=O)C(c1cccc(C)n1)N(C)C2c1cccc(C)n1. The van der Waals surface area contributed by atoms with Gasteiger partial charge in [-0.15, -0.1) is 0 Å². The van der Waals surface area contributed by atoms with Crippen molar-refractivity contribution in [3.8, 4) is 0 Å². The van der Waals surface area contributed by atoms with Crippen LogP contribution >= 0.6 is 0 Å². The van der Waals surface area contributed by atoms with Crippen molar-refractivity contribution in [3.05, 3.63) is 88.8 Å². The van der Waals surface area contributed by atoms with Gasteiger partial charge in [-0.3, -0.25) is 39.1 Å². The van der Waals surface area contributed by atoms with E-state index in [0.29, 0.717) is 17.9 Å².